The van der Waals surface area contributed by atoms with Crippen LogP contribution in [0.25, 0.3) is 0 Å². The van der Waals surface area contributed by atoms with Crippen molar-refractivity contribution in [2.75, 3.05) is 4.90 Å². The Morgan fingerprint density at radius 1 is 1.29 bits per heavy atom. The number of imide groups is 1. The number of cyclic esters (lactones) is 1. The number of hydrogen-bond donors (Lipinski definition) is 0. The molecule has 7 heteroatoms. The summed E-state index contributed by atoms with van der Waals surface area (Å²) in [4.78, 5) is 25.5. The van der Waals surface area contributed by atoms with Crippen LogP contribution < -0.4 is 9.64 Å². The van der Waals surface area contributed by atoms with Crippen molar-refractivity contribution in [1.29, 1.82) is 0 Å². The van der Waals surface area contributed by atoms with Gasteiger partial charge >= 0.3 is 6.09 Å². The van der Waals surface area contributed by atoms with Crippen molar-refractivity contribution in [2.24, 2.45) is 5.92 Å². The number of anilines is 1. The molecule has 2 aliphatic rings. The van der Waals surface area contributed by atoms with Crippen LogP contribution in [0.4, 0.5) is 14.9 Å². The van der Waals surface area contributed by atoms with Gasteiger partial charge < -0.3 is 9.47 Å². The molecule has 0 radical (unpaired) electrons. The first-order valence-corrected chi connectivity index (χ1v) is 8.46. The molecule has 0 N–H and O–H groups in total. The van der Waals surface area contributed by atoms with E-state index in [1.807, 2.05) is 0 Å². The van der Waals surface area contributed by atoms with E-state index in [9.17, 15) is 14.0 Å². The second-order valence-electron chi connectivity index (χ2n) is 6.42. The highest BCUT2D eigenvalue weighted by atomic mass is 35.5. The number of rotatable bonds is 4. The first-order chi connectivity index (χ1) is 11.4. The molecule has 1 saturated carbocycles. The first kappa shape index (κ1) is 17.0. The third-order valence-electron chi connectivity index (χ3n) is 4.31. The molecule has 2 amide bonds. The Hall–Kier alpha value is -1.82. The zero-order valence-electron chi connectivity index (χ0n) is 13.6. The lowest BCUT2D eigenvalue weighted by molar-refractivity contribution is -0.123. The molecule has 3 rings (SSSR count). The molecule has 130 valence electrons. The Morgan fingerprint density at radius 2 is 1.96 bits per heavy atom. The Morgan fingerprint density at radius 3 is 2.58 bits per heavy atom. The smallest absolute Gasteiger partial charge is 0.422 e. The lowest BCUT2D eigenvalue weighted by atomic mass is 10.0. The van der Waals surface area contributed by atoms with Gasteiger partial charge in [0.1, 0.15) is 11.6 Å². The van der Waals surface area contributed by atoms with Crippen LogP contribution >= 0.6 is 11.6 Å². The van der Waals surface area contributed by atoms with Crippen LogP contribution in [0.3, 0.4) is 0 Å². The highest BCUT2D eigenvalue weighted by Crippen LogP contribution is 2.38. The summed E-state index contributed by atoms with van der Waals surface area (Å²) in [7, 11) is 0. The molecule has 1 unspecified atom stereocenters. The fraction of sp³-hybridized carbons (Fsp3) is 0.529. The molecule has 1 aromatic carbocycles. The molecule has 0 spiro atoms. The molecule has 1 heterocycles. The number of benzene rings is 1. The maximum atomic E-state index is 14.3. The van der Waals surface area contributed by atoms with Gasteiger partial charge in [0.2, 0.25) is 0 Å². The average Bonchev–Trinajstić information content (AvgIpc) is 3.11. The third kappa shape index (κ3) is 3.07. The molecule has 1 aromatic rings. The fourth-order valence-electron chi connectivity index (χ4n) is 3.24. The van der Waals surface area contributed by atoms with E-state index < -0.39 is 23.9 Å². The largest absolute Gasteiger partial charge is 0.489 e. The Balaban J connectivity index is 1.92. The standard InChI is InChI=1S/C17H19ClFNO4/c1-9(2)23-14-8-13(12(19)7-11(14)18)20-16(21)15(24-17(20)22)10-5-3-4-6-10/h7-10,15H,3-6H2,1-2H3. The SMILES string of the molecule is CC(C)Oc1cc(N2C(=O)OC(C3CCCC3)C2=O)c(F)cc1Cl. The molecule has 1 atom stereocenters. The van der Waals surface area contributed by atoms with Gasteiger partial charge in [-0.3, -0.25) is 4.79 Å². The maximum absolute atomic E-state index is 14.3. The van der Waals surface area contributed by atoms with Crippen LogP contribution in [0.5, 0.6) is 5.75 Å². The number of halogens is 2. The molecular weight excluding hydrogens is 337 g/mol. The van der Waals surface area contributed by atoms with E-state index in [4.69, 9.17) is 21.1 Å². The Kier molecular flexibility index (Phi) is 4.67. The zero-order chi connectivity index (χ0) is 17.4. The minimum absolute atomic E-state index is 0.00759. The van der Waals surface area contributed by atoms with Crippen LogP contribution in [0.15, 0.2) is 12.1 Å². The Labute approximate surface area is 144 Å². The van der Waals surface area contributed by atoms with Gasteiger partial charge in [-0.05, 0) is 32.8 Å². The van der Waals surface area contributed by atoms with Crippen LogP contribution in [0, 0.1) is 11.7 Å². The predicted octanol–water partition coefficient (Wildman–Crippen LogP) is 4.31. The summed E-state index contributed by atoms with van der Waals surface area (Å²) in [6, 6.07) is 2.31. The van der Waals surface area contributed by atoms with E-state index in [0.717, 1.165) is 36.6 Å². The minimum atomic E-state index is -0.853. The number of ether oxygens (including phenoxy) is 2. The van der Waals surface area contributed by atoms with E-state index in [-0.39, 0.29) is 28.5 Å². The normalized spacial score (nSPS) is 21.7. The lowest BCUT2D eigenvalue weighted by Crippen LogP contribution is -2.34. The molecule has 2 fully saturated rings. The summed E-state index contributed by atoms with van der Waals surface area (Å²) in [5.74, 6) is -1.07. The summed E-state index contributed by atoms with van der Waals surface area (Å²) < 4.78 is 25.1. The van der Waals surface area contributed by atoms with Gasteiger partial charge in [-0.25, -0.2) is 14.1 Å². The fourth-order valence-corrected chi connectivity index (χ4v) is 3.43. The highest BCUT2D eigenvalue weighted by Gasteiger charge is 2.47. The van der Waals surface area contributed by atoms with Gasteiger partial charge in [0.25, 0.3) is 5.91 Å². The topological polar surface area (TPSA) is 55.8 Å². The van der Waals surface area contributed by atoms with E-state index in [0.29, 0.717) is 0 Å². The summed E-state index contributed by atoms with van der Waals surface area (Å²) in [6.45, 7) is 3.59. The number of hydrogen-bond acceptors (Lipinski definition) is 4. The molecule has 1 saturated heterocycles. The summed E-state index contributed by atoms with van der Waals surface area (Å²) in [6.07, 6.45) is 1.82. The Bertz CT molecular complexity index is 673. The average molecular weight is 356 g/mol. The van der Waals surface area contributed by atoms with Crippen molar-refractivity contribution >= 4 is 29.3 Å². The van der Waals surface area contributed by atoms with E-state index >= 15 is 0 Å². The highest BCUT2D eigenvalue weighted by molar-refractivity contribution is 6.32. The van der Waals surface area contributed by atoms with Gasteiger partial charge in [-0.2, -0.15) is 0 Å². The third-order valence-corrected chi connectivity index (χ3v) is 4.60. The second-order valence-corrected chi connectivity index (χ2v) is 6.83. The first-order valence-electron chi connectivity index (χ1n) is 8.08. The number of amides is 2. The van der Waals surface area contributed by atoms with Crippen molar-refractivity contribution in [3.63, 3.8) is 0 Å². The van der Waals surface area contributed by atoms with Gasteiger partial charge in [0.05, 0.1) is 16.8 Å². The van der Waals surface area contributed by atoms with Crippen molar-refractivity contribution < 1.29 is 23.5 Å². The maximum Gasteiger partial charge on any atom is 0.422 e. The number of nitrogens with zero attached hydrogens (tertiary/aromatic N) is 1. The summed E-state index contributed by atoms with van der Waals surface area (Å²) >= 11 is 5.97. The van der Waals surface area contributed by atoms with Crippen LogP contribution in [-0.2, 0) is 9.53 Å². The summed E-state index contributed by atoms with van der Waals surface area (Å²) in [5.41, 5.74) is -0.189. The van der Waals surface area contributed by atoms with Crippen LogP contribution in [0.1, 0.15) is 39.5 Å². The monoisotopic (exact) mass is 355 g/mol. The predicted molar refractivity (Wildman–Crippen MR) is 86.9 cm³/mol. The number of carbonyl (C=O) groups excluding carboxylic acids is 2. The quantitative estimate of drug-likeness (QED) is 0.807. The van der Waals surface area contributed by atoms with E-state index in [2.05, 4.69) is 0 Å². The van der Waals surface area contributed by atoms with Gasteiger partial charge in [-0.1, -0.05) is 24.4 Å². The lowest BCUT2D eigenvalue weighted by Gasteiger charge is -2.17. The molecule has 5 nitrogen and oxygen atoms in total. The van der Waals surface area contributed by atoms with Crippen molar-refractivity contribution in [3.05, 3.63) is 23.0 Å². The van der Waals surface area contributed by atoms with E-state index in [1.54, 1.807) is 13.8 Å². The van der Waals surface area contributed by atoms with Gasteiger partial charge in [0.15, 0.2) is 6.10 Å². The van der Waals surface area contributed by atoms with Crippen molar-refractivity contribution in [1.82, 2.24) is 0 Å². The molecular formula is C17H19ClFNO4. The molecule has 1 aliphatic heterocycles. The van der Waals surface area contributed by atoms with Gasteiger partial charge in [-0.15, -0.1) is 0 Å². The molecule has 0 bridgehead atoms. The second kappa shape index (κ2) is 6.59. The molecule has 1 aliphatic carbocycles. The van der Waals surface area contributed by atoms with Crippen molar-refractivity contribution in [2.45, 2.75) is 51.7 Å². The molecule has 24 heavy (non-hydrogen) atoms. The van der Waals surface area contributed by atoms with Crippen molar-refractivity contribution in [3.8, 4) is 5.75 Å². The molecule has 0 aromatic heterocycles. The van der Waals surface area contributed by atoms with E-state index in [1.165, 1.54) is 6.07 Å². The van der Waals surface area contributed by atoms with Crippen LogP contribution in [-0.4, -0.2) is 24.2 Å². The minimum Gasteiger partial charge on any atom is -0.489 e. The summed E-state index contributed by atoms with van der Waals surface area (Å²) in [5, 5.41) is 0.0808. The zero-order valence-corrected chi connectivity index (χ0v) is 14.3. The number of carbonyl (C=O) groups is 2. The van der Waals surface area contributed by atoms with Gasteiger partial charge in [0, 0.05) is 12.0 Å². The van der Waals surface area contributed by atoms with Crippen LogP contribution in [0.2, 0.25) is 5.02 Å².